The van der Waals surface area contributed by atoms with Crippen molar-refractivity contribution >= 4 is 16.8 Å². The molecule has 1 saturated heterocycles. The Morgan fingerprint density at radius 2 is 2.04 bits per heavy atom. The number of ether oxygens (including phenoxy) is 1. The van der Waals surface area contributed by atoms with E-state index in [0.29, 0.717) is 18.8 Å². The fraction of sp³-hybridized carbons (Fsp3) is 0.263. The summed E-state index contributed by atoms with van der Waals surface area (Å²) in [6.07, 6.45) is 3.83. The minimum absolute atomic E-state index is 0.0715. The van der Waals surface area contributed by atoms with Gasteiger partial charge in [-0.2, -0.15) is 0 Å². The van der Waals surface area contributed by atoms with Crippen molar-refractivity contribution in [2.24, 2.45) is 5.92 Å². The Bertz CT molecular complexity index is 914. The number of nitrogens with zero attached hydrogens (tertiary/aromatic N) is 3. The first kappa shape index (κ1) is 15.5. The zero-order valence-electron chi connectivity index (χ0n) is 13.8. The van der Waals surface area contributed by atoms with E-state index in [0.717, 1.165) is 22.3 Å². The van der Waals surface area contributed by atoms with Gasteiger partial charge in [0.2, 0.25) is 11.8 Å². The summed E-state index contributed by atoms with van der Waals surface area (Å²) < 4.78 is 6.15. The van der Waals surface area contributed by atoms with Crippen molar-refractivity contribution in [1.29, 1.82) is 0 Å². The molecule has 0 bridgehead atoms. The highest BCUT2D eigenvalue weighted by atomic mass is 16.5. The first-order valence-electron chi connectivity index (χ1n) is 8.31. The lowest BCUT2D eigenvalue weighted by molar-refractivity contribution is -0.119. The molecule has 1 aliphatic heterocycles. The highest BCUT2D eigenvalue weighted by molar-refractivity contribution is 5.86. The molecule has 0 radical (unpaired) electrons. The topological polar surface area (TPSA) is 77.0 Å². The van der Waals surface area contributed by atoms with Gasteiger partial charge in [0.25, 0.3) is 0 Å². The van der Waals surface area contributed by atoms with E-state index in [1.165, 1.54) is 0 Å². The van der Waals surface area contributed by atoms with Gasteiger partial charge in [-0.1, -0.05) is 6.07 Å². The van der Waals surface area contributed by atoms with Gasteiger partial charge in [0.1, 0.15) is 6.10 Å². The monoisotopic (exact) mass is 334 g/mol. The van der Waals surface area contributed by atoms with Gasteiger partial charge in [0.15, 0.2) is 0 Å². The third-order valence-electron chi connectivity index (χ3n) is 4.46. The van der Waals surface area contributed by atoms with Crippen molar-refractivity contribution in [1.82, 2.24) is 20.3 Å². The van der Waals surface area contributed by atoms with Crippen molar-refractivity contribution in [2.75, 3.05) is 6.54 Å². The maximum atomic E-state index is 11.5. The van der Waals surface area contributed by atoms with Gasteiger partial charge >= 0.3 is 0 Å². The number of fused-ring (bicyclic) bond motifs is 1. The second kappa shape index (κ2) is 6.47. The second-order valence-corrected chi connectivity index (χ2v) is 6.19. The molecule has 1 N–H and O–H groups in total. The van der Waals surface area contributed by atoms with Crippen LogP contribution in [0, 0.1) is 5.92 Å². The van der Waals surface area contributed by atoms with Gasteiger partial charge < -0.3 is 10.1 Å². The van der Waals surface area contributed by atoms with Crippen LogP contribution < -0.4 is 10.1 Å². The minimum Gasteiger partial charge on any atom is -0.474 e. The molecule has 0 aliphatic carbocycles. The number of carbonyl (C=O) groups is 1. The van der Waals surface area contributed by atoms with E-state index in [1.807, 2.05) is 43.3 Å². The number of aromatic nitrogens is 3. The third kappa shape index (κ3) is 3.15. The Balaban J connectivity index is 1.72. The lowest BCUT2D eigenvalue weighted by Crippen LogP contribution is -2.26. The average molecular weight is 334 g/mol. The predicted molar refractivity (Wildman–Crippen MR) is 94.0 cm³/mol. The summed E-state index contributed by atoms with van der Waals surface area (Å²) in [7, 11) is 0. The van der Waals surface area contributed by atoms with E-state index < -0.39 is 0 Å². The van der Waals surface area contributed by atoms with Gasteiger partial charge in [-0.3, -0.25) is 14.8 Å². The summed E-state index contributed by atoms with van der Waals surface area (Å²) in [4.78, 5) is 24.9. The normalized spacial score (nSPS) is 18.1. The van der Waals surface area contributed by atoms with Crippen LogP contribution in [0.2, 0.25) is 0 Å². The van der Waals surface area contributed by atoms with Crippen molar-refractivity contribution in [3.8, 4) is 17.3 Å². The Hall–Kier alpha value is -3.02. The molecule has 3 aromatic rings. The summed E-state index contributed by atoms with van der Waals surface area (Å²) in [6.45, 7) is 2.61. The molecule has 0 aromatic carbocycles. The molecule has 126 valence electrons. The molecule has 6 heteroatoms. The Labute approximate surface area is 145 Å². The number of hydrogen-bond acceptors (Lipinski definition) is 5. The fourth-order valence-corrected chi connectivity index (χ4v) is 3.01. The Morgan fingerprint density at radius 1 is 1.16 bits per heavy atom. The van der Waals surface area contributed by atoms with E-state index in [9.17, 15) is 4.79 Å². The molecule has 0 unspecified atom stereocenters. The number of rotatable bonds is 4. The van der Waals surface area contributed by atoms with Crippen LogP contribution in [0.4, 0.5) is 0 Å². The van der Waals surface area contributed by atoms with Crippen LogP contribution in [-0.4, -0.2) is 33.5 Å². The van der Waals surface area contributed by atoms with E-state index in [2.05, 4.69) is 20.3 Å². The summed E-state index contributed by atoms with van der Waals surface area (Å²) in [5, 5.41) is 3.70. The zero-order valence-corrected chi connectivity index (χ0v) is 13.8. The van der Waals surface area contributed by atoms with E-state index in [4.69, 9.17) is 4.74 Å². The SMILES string of the molecule is C[C@@H](Oc1nc(-c2ccccn2)cc2ncccc12)[C@H]1CNC(=O)C1. The molecular formula is C19H18N4O2. The number of hydrogen-bond donors (Lipinski definition) is 1. The Morgan fingerprint density at radius 3 is 2.80 bits per heavy atom. The lowest BCUT2D eigenvalue weighted by atomic mass is 10.0. The van der Waals surface area contributed by atoms with Gasteiger partial charge in [-0.15, -0.1) is 0 Å². The molecule has 2 atom stereocenters. The molecular weight excluding hydrogens is 316 g/mol. The standard InChI is InChI=1S/C19H18N4O2/c1-12(13-9-18(24)22-11-13)25-19-14-5-4-8-21-16(14)10-17(23-19)15-6-2-3-7-20-15/h2-8,10,12-13H,9,11H2,1H3,(H,22,24)/t12-,13-/m1/s1. The van der Waals surface area contributed by atoms with Gasteiger partial charge in [-0.25, -0.2) is 4.98 Å². The molecule has 1 fully saturated rings. The number of carbonyl (C=O) groups excluding carboxylic acids is 1. The summed E-state index contributed by atoms with van der Waals surface area (Å²) in [5.74, 6) is 0.736. The number of pyridine rings is 3. The van der Waals surface area contributed by atoms with Crippen LogP contribution in [-0.2, 0) is 4.79 Å². The second-order valence-electron chi connectivity index (χ2n) is 6.19. The quantitative estimate of drug-likeness (QED) is 0.793. The third-order valence-corrected chi connectivity index (χ3v) is 4.46. The molecule has 4 heterocycles. The molecule has 1 aliphatic rings. The molecule has 0 saturated carbocycles. The van der Waals surface area contributed by atoms with Crippen molar-refractivity contribution in [2.45, 2.75) is 19.4 Å². The molecule has 6 nitrogen and oxygen atoms in total. The van der Waals surface area contributed by atoms with Crippen LogP contribution in [0.3, 0.4) is 0 Å². The molecule has 4 rings (SSSR count). The average Bonchev–Trinajstić information content (AvgIpc) is 3.09. The molecule has 25 heavy (non-hydrogen) atoms. The minimum atomic E-state index is -0.131. The van der Waals surface area contributed by atoms with Crippen LogP contribution in [0.15, 0.2) is 48.8 Å². The van der Waals surface area contributed by atoms with E-state index in [-0.39, 0.29) is 17.9 Å². The number of amides is 1. The van der Waals surface area contributed by atoms with Crippen LogP contribution in [0.25, 0.3) is 22.3 Å². The maximum Gasteiger partial charge on any atom is 0.223 e. The largest absolute Gasteiger partial charge is 0.474 e. The number of nitrogens with one attached hydrogen (secondary N) is 1. The summed E-state index contributed by atoms with van der Waals surface area (Å²) >= 11 is 0. The molecule has 0 spiro atoms. The van der Waals surface area contributed by atoms with Crippen LogP contribution in [0.1, 0.15) is 13.3 Å². The van der Waals surface area contributed by atoms with Crippen LogP contribution in [0.5, 0.6) is 5.88 Å². The Kier molecular flexibility index (Phi) is 4.01. The van der Waals surface area contributed by atoms with Crippen molar-refractivity contribution < 1.29 is 9.53 Å². The van der Waals surface area contributed by atoms with Gasteiger partial charge in [0.05, 0.1) is 22.3 Å². The molecule has 3 aromatic heterocycles. The first-order chi connectivity index (χ1) is 12.2. The van der Waals surface area contributed by atoms with Crippen molar-refractivity contribution in [3.63, 3.8) is 0 Å². The highest BCUT2D eigenvalue weighted by Crippen LogP contribution is 2.29. The van der Waals surface area contributed by atoms with Crippen LogP contribution >= 0.6 is 0 Å². The van der Waals surface area contributed by atoms with Gasteiger partial charge in [-0.05, 0) is 37.3 Å². The van der Waals surface area contributed by atoms with Gasteiger partial charge in [0, 0.05) is 31.3 Å². The van der Waals surface area contributed by atoms with E-state index >= 15 is 0 Å². The summed E-state index contributed by atoms with van der Waals surface area (Å²) in [5.41, 5.74) is 2.29. The fourth-order valence-electron chi connectivity index (χ4n) is 3.01. The zero-order chi connectivity index (χ0) is 17.2. The molecule has 1 amide bonds. The lowest BCUT2D eigenvalue weighted by Gasteiger charge is -2.20. The highest BCUT2D eigenvalue weighted by Gasteiger charge is 2.28. The predicted octanol–water partition coefficient (Wildman–Crippen LogP) is 2.60. The van der Waals surface area contributed by atoms with Crippen molar-refractivity contribution in [3.05, 3.63) is 48.8 Å². The maximum absolute atomic E-state index is 11.5. The smallest absolute Gasteiger partial charge is 0.223 e. The summed E-state index contributed by atoms with van der Waals surface area (Å²) in [6, 6.07) is 11.4. The van der Waals surface area contributed by atoms with E-state index in [1.54, 1.807) is 12.4 Å². The first-order valence-corrected chi connectivity index (χ1v) is 8.31.